The molecule has 106 valence electrons. The van der Waals surface area contributed by atoms with Crippen LogP contribution < -0.4 is 5.73 Å². The quantitative estimate of drug-likeness (QED) is 0.504. The highest BCUT2D eigenvalue weighted by atomic mass is 32.2. The third-order valence-electron chi connectivity index (χ3n) is 2.66. The predicted molar refractivity (Wildman–Crippen MR) is 71.8 cm³/mol. The molecule has 0 aromatic heterocycles. The Hall–Kier alpha value is -1.69. The van der Waals surface area contributed by atoms with Crippen molar-refractivity contribution in [1.82, 2.24) is 0 Å². The number of alkyl halides is 3. The minimum Gasteiger partial charge on any atom is -0.399 e. The minimum absolute atomic E-state index is 0.0382. The molecule has 0 fully saturated rings. The van der Waals surface area contributed by atoms with Gasteiger partial charge in [-0.25, -0.2) is 4.39 Å². The van der Waals surface area contributed by atoms with E-state index in [1.54, 1.807) is 0 Å². The topological polar surface area (TPSA) is 26.0 Å². The van der Waals surface area contributed by atoms with Crippen LogP contribution in [0.2, 0.25) is 0 Å². The van der Waals surface area contributed by atoms with Gasteiger partial charge in [0.05, 0.1) is 5.56 Å². The zero-order chi connectivity index (χ0) is 14.8. The van der Waals surface area contributed by atoms with E-state index in [1.165, 1.54) is 30.3 Å². The van der Waals surface area contributed by atoms with E-state index in [9.17, 15) is 17.6 Å². The number of hydrogen-bond donors (Lipinski definition) is 1. The van der Waals surface area contributed by atoms with Crippen LogP contribution in [0.15, 0.2) is 47.4 Å². The molecule has 0 radical (unpaired) electrons. The van der Waals surface area contributed by atoms with E-state index in [4.69, 9.17) is 5.73 Å². The Morgan fingerprint density at radius 3 is 2.40 bits per heavy atom. The fourth-order valence-electron chi connectivity index (χ4n) is 1.71. The van der Waals surface area contributed by atoms with Gasteiger partial charge < -0.3 is 5.73 Å². The molecule has 0 unspecified atom stereocenters. The van der Waals surface area contributed by atoms with Crippen molar-refractivity contribution in [1.29, 1.82) is 0 Å². The molecular weight excluding hydrogens is 290 g/mol. The Labute approximate surface area is 117 Å². The van der Waals surface area contributed by atoms with Gasteiger partial charge in [-0.15, -0.1) is 11.8 Å². The molecule has 0 saturated carbocycles. The summed E-state index contributed by atoms with van der Waals surface area (Å²) in [6.07, 6.45) is -4.41. The van der Waals surface area contributed by atoms with E-state index in [1.807, 2.05) is 0 Å². The molecule has 2 aromatic carbocycles. The molecular formula is C14H11F4NS. The van der Waals surface area contributed by atoms with E-state index in [0.29, 0.717) is 0 Å². The fourth-order valence-corrected chi connectivity index (χ4v) is 2.64. The lowest BCUT2D eigenvalue weighted by molar-refractivity contribution is -0.138. The molecule has 0 aliphatic rings. The number of rotatable bonds is 3. The van der Waals surface area contributed by atoms with E-state index in [2.05, 4.69) is 0 Å². The van der Waals surface area contributed by atoms with E-state index < -0.39 is 17.6 Å². The third-order valence-corrected chi connectivity index (χ3v) is 3.76. The van der Waals surface area contributed by atoms with Gasteiger partial charge in [-0.05, 0) is 29.8 Å². The highest BCUT2D eigenvalue weighted by Crippen LogP contribution is 2.35. The molecule has 0 bridgehead atoms. The molecule has 0 aliphatic heterocycles. The van der Waals surface area contributed by atoms with Crippen LogP contribution in [0.4, 0.5) is 23.2 Å². The monoisotopic (exact) mass is 301 g/mol. The Kier molecular flexibility index (Phi) is 4.23. The standard InChI is InChI=1S/C14H11F4NS/c15-12-7-10(19)5-6-13(12)20-8-9-3-1-2-4-11(9)14(16,17)18/h1-7H,8,19H2. The van der Waals surface area contributed by atoms with E-state index >= 15 is 0 Å². The zero-order valence-corrected chi connectivity index (χ0v) is 11.1. The summed E-state index contributed by atoms with van der Waals surface area (Å²) in [5, 5.41) is 0. The lowest BCUT2D eigenvalue weighted by Gasteiger charge is -2.12. The van der Waals surface area contributed by atoms with Crippen molar-refractivity contribution in [2.24, 2.45) is 0 Å². The molecule has 0 heterocycles. The highest BCUT2D eigenvalue weighted by molar-refractivity contribution is 7.98. The molecule has 0 saturated heterocycles. The van der Waals surface area contributed by atoms with Crippen molar-refractivity contribution in [3.05, 3.63) is 59.4 Å². The molecule has 6 heteroatoms. The zero-order valence-electron chi connectivity index (χ0n) is 10.2. The van der Waals surface area contributed by atoms with Crippen LogP contribution in [0.3, 0.4) is 0 Å². The molecule has 1 nitrogen and oxygen atoms in total. The normalized spacial score (nSPS) is 11.6. The van der Waals surface area contributed by atoms with Gasteiger partial charge in [0.2, 0.25) is 0 Å². The van der Waals surface area contributed by atoms with Gasteiger partial charge in [0, 0.05) is 16.3 Å². The highest BCUT2D eigenvalue weighted by Gasteiger charge is 2.32. The maximum atomic E-state index is 13.6. The van der Waals surface area contributed by atoms with Crippen LogP contribution in [0, 0.1) is 5.82 Å². The summed E-state index contributed by atoms with van der Waals surface area (Å²) >= 11 is 1.01. The maximum Gasteiger partial charge on any atom is 0.416 e. The first kappa shape index (κ1) is 14.7. The van der Waals surface area contributed by atoms with Gasteiger partial charge in [-0.2, -0.15) is 13.2 Å². The van der Waals surface area contributed by atoms with Gasteiger partial charge in [-0.1, -0.05) is 18.2 Å². The Morgan fingerprint density at radius 2 is 1.75 bits per heavy atom. The SMILES string of the molecule is Nc1ccc(SCc2ccccc2C(F)(F)F)c(F)c1. The van der Waals surface area contributed by atoms with E-state index in [-0.39, 0.29) is 21.9 Å². The smallest absolute Gasteiger partial charge is 0.399 e. The number of halogens is 4. The predicted octanol–water partition coefficient (Wildman–Crippen LogP) is 4.72. The Bertz CT molecular complexity index is 610. The lowest BCUT2D eigenvalue weighted by Crippen LogP contribution is -2.08. The summed E-state index contributed by atoms with van der Waals surface area (Å²) in [5.41, 5.74) is 5.13. The van der Waals surface area contributed by atoms with Crippen molar-refractivity contribution < 1.29 is 17.6 Å². The first-order valence-electron chi connectivity index (χ1n) is 5.71. The third kappa shape index (κ3) is 3.45. The second-order valence-corrected chi connectivity index (χ2v) is 5.15. The molecule has 20 heavy (non-hydrogen) atoms. The van der Waals surface area contributed by atoms with Gasteiger partial charge in [0.1, 0.15) is 5.82 Å². The van der Waals surface area contributed by atoms with Crippen molar-refractivity contribution >= 4 is 17.4 Å². The van der Waals surface area contributed by atoms with Crippen molar-refractivity contribution in [2.75, 3.05) is 5.73 Å². The number of benzene rings is 2. The van der Waals surface area contributed by atoms with Crippen LogP contribution in [0.5, 0.6) is 0 Å². The van der Waals surface area contributed by atoms with Crippen molar-refractivity contribution in [2.45, 2.75) is 16.8 Å². The van der Waals surface area contributed by atoms with Crippen molar-refractivity contribution in [3.8, 4) is 0 Å². The maximum absolute atomic E-state index is 13.6. The second kappa shape index (κ2) is 5.75. The van der Waals surface area contributed by atoms with Crippen LogP contribution in [0.1, 0.15) is 11.1 Å². The van der Waals surface area contributed by atoms with Crippen LogP contribution >= 0.6 is 11.8 Å². The first-order chi connectivity index (χ1) is 9.38. The molecule has 2 N–H and O–H groups in total. The van der Waals surface area contributed by atoms with Crippen LogP contribution in [-0.2, 0) is 11.9 Å². The van der Waals surface area contributed by atoms with Gasteiger partial charge in [-0.3, -0.25) is 0 Å². The number of nitrogen functional groups attached to an aromatic ring is 1. The Balaban J connectivity index is 2.19. The van der Waals surface area contributed by atoms with Crippen LogP contribution in [-0.4, -0.2) is 0 Å². The average molecular weight is 301 g/mol. The summed E-state index contributed by atoms with van der Waals surface area (Å²) in [5.74, 6) is -0.490. The minimum atomic E-state index is -4.41. The molecule has 2 aromatic rings. The van der Waals surface area contributed by atoms with Gasteiger partial charge in [0.15, 0.2) is 0 Å². The number of hydrogen-bond acceptors (Lipinski definition) is 2. The van der Waals surface area contributed by atoms with Gasteiger partial charge >= 0.3 is 6.18 Å². The van der Waals surface area contributed by atoms with Crippen LogP contribution in [0.25, 0.3) is 0 Å². The summed E-state index contributed by atoms with van der Waals surface area (Å²) in [6, 6.07) is 9.41. The largest absolute Gasteiger partial charge is 0.416 e. The first-order valence-corrected chi connectivity index (χ1v) is 6.69. The molecule has 0 aliphatic carbocycles. The molecule has 0 atom stereocenters. The Morgan fingerprint density at radius 1 is 1.05 bits per heavy atom. The summed E-state index contributed by atoms with van der Waals surface area (Å²) in [4.78, 5) is 0.274. The molecule has 2 rings (SSSR count). The molecule has 0 spiro atoms. The average Bonchev–Trinajstić information content (AvgIpc) is 2.37. The summed E-state index contributed by atoms with van der Waals surface area (Å²) in [7, 11) is 0. The van der Waals surface area contributed by atoms with E-state index in [0.717, 1.165) is 23.9 Å². The lowest BCUT2D eigenvalue weighted by atomic mass is 10.1. The number of nitrogens with two attached hydrogens (primary N) is 1. The second-order valence-electron chi connectivity index (χ2n) is 4.13. The van der Waals surface area contributed by atoms with Gasteiger partial charge in [0.25, 0.3) is 0 Å². The summed E-state index contributed by atoms with van der Waals surface area (Å²) in [6.45, 7) is 0. The van der Waals surface area contributed by atoms with Crippen molar-refractivity contribution in [3.63, 3.8) is 0 Å². The number of thioether (sulfide) groups is 1. The number of anilines is 1. The molecule has 0 amide bonds. The summed E-state index contributed by atoms with van der Waals surface area (Å²) < 4.78 is 52.0. The fraction of sp³-hybridized carbons (Fsp3) is 0.143.